The maximum atomic E-state index is 6.40. The number of rotatable bonds is 3. The first-order chi connectivity index (χ1) is 10.1. The van der Waals surface area contributed by atoms with E-state index < -0.39 is 0 Å². The molecule has 0 radical (unpaired) electrons. The average Bonchev–Trinajstić information content (AvgIpc) is 2.73. The van der Waals surface area contributed by atoms with Gasteiger partial charge in [0.05, 0.1) is 15.9 Å². The van der Waals surface area contributed by atoms with Crippen LogP contribution in [0.15, 0.2) is 46.9 Å². The van der Waals surface area contributed by atoms with Gasteiger partial charge in [-0.3, -0.25) is 4.68 Å². The molecule has 1 aromatic heterocycles. The number of fused-ring (bicyclic) bond motifs is 1. The fourth-order valence-electron chi connectivity index (χ4n) is 2.67. The van der Waals surface area contributed by atoms with Crippen LogP contribution in [0.1, 0.15) is 23.0 Å². The third-order valence-corrected chi connectivity index (χ3v) is 4.91. The molecule has 0 saturated heterocycles. The summed E-state index contributed by atoms with van der Waals surface area (Å²) in [7, 11) is 1.96. The summed E-state index contributed by atoms with van der Waals surface area (Å²) in [5.41, 5.74) is 9.69. The Labute approximate surface area is 132 Å². The first kappa shape index (κ1) is 14.3. The van der Waals surface area contributed by atoms with Crippen LogP contribution in [0.25, 0.3) is 10.8 Å². The molecule has 3 rings (SSSR count). The minimum atomic E-state index is -0.0410. The van der Waals surface area contributed by atoms with E-state index in [2.05, 4.69) is 63.5 Å². The largest absolute Gasteiger partial charge is 0.324 e. The minimum absolute atomic E-state index is 0.0410. The second kappa shape index (κ2) is 5.62. The van der Waals surface area contributed by atoms with Crippen LogP contribution < -0.4 is 5.73 Å². The number of hydrogen-bond donors (Lipinski definition) is 1. The van der Waals surface area contributed by atoms with Crippen molar-refractivity contribution in [3.63, 3.8) is 0 Å². The Morgan fingerprint density at radius 1 is 1.19 bits per heavy atom. The lowest BCUT2D eigenvalue weighted by Crippen LogP contribution is -2.15. The summed E-state index contributed by atoms with van der Waals surface area (Å²) in [6.07, 6.45) is 0.760. The van der Waals surface area contributed by atoms with Gasteiger partial charge in [0, 0.05) is 19.5 Å². The van der Waals surface area contributed by atoms with Crippen molar-refractivity contribution in [2.24, 2.45) is 12.8 Å². The number of nitrogens with zero attached hydrogens (tertiary/aromatic N) is 2. The summed E-state index contributed by atoms with van der Waals surface area (Å²) in [5.74, 6) is 0. The minimum Gasteiger partial charge on any atom is -0.324 e. The van der Waals surface area contributed by atoms with E-state index in [0.29, 0.717) is 0 Å². The molecule has 4 heteroatoms. The summed E-state index contributed by atoms with van der Waals surface area (Å²) in [6.45, 7) is 2.00. The van der Waals surface area contributed by atoms with E-state index in [-0.39, 0.29) is 6.04 Å². The Morgan fingerprint density at radius 3 is 2.57 bits per heavy atom. The quantitative estimate of drug-likeness (QED) is 0.783. The smallest absolute Gasteiger partial charge is 0.0738 e. The molecule has 0 bridgehead atoms. The van der Waals surface area contributed by atoms with Crippen LogP contribution in [0.3, 0.4) is 0 Å². The Bertz CT molecular complexity index is 792. The standard InChI is InChI=1S/C17H18BrN3/c1-11-17(18)16(21(2)20-11)10-15(19)14-8-7-12-5-3-4-6-13(12)9-14/h3-9,15H,10,19H2,1-2H3. The lowest BCUT2D eigenvalue weighted by atomic mass is 9.99. The first-order valence-electron chi connectivity index (χ1n) is 6.98. The van der Waals surface area contributed by atoms with Crippen LogP contribution in [0.5, 0.6) is 0 Å². The Kier molecular flexibility index (Phi) is 3.83. The molecular weight excluding hydrogens is 326 g/mol. The number of nitrogens with two attached hydrogens (primary N) is 1. The van der Waals surface area contributed by atoms with E-state index >= 15 is 0 Å². The highest BCUT2D eigenvalue weighted by molar-refractivity contribution is 9.10. The van der Waals surface area contributed by atoms with E-state index in [4.69, 9.17) is 5.73 Å². The molecule has 1 heterocycles. The highest BCUT2D eigenvalue weighted by atomic mass is 79.9. The Morgan fingerprint density at radius 2 is 1.90 bits per heavy atom. The van der Waals surface area contributed by atoms with E-state index in [1.807, 2.05) is 18.7 Å². The molecule has 21 heavy (non-hydrogen) atoms. The second-order valence-electron chi connectivity index (χ2n) is 5.39. The SMILES string of the molecule is Cc1nn(C)c(CC(N)c2ccc3ccccc3c2)c1Br. The summed E-state index contributed by atoms with van der Waals surface area (Å²) in [6, 6.07) is 14.7. The van der Waals surface area contributed by atoms with E-state index in [1.165, 1.54) is 10.8 Å². The van der Waals surface area contributed by atoms with Gasteiger partial charge < -0.3 is 5.73 Å². The van der Waals surface area contributed by atoms with Crippen LogP contribution >= 0.6 is 15.9 Å². The van der Waals surface area contributed by atoms with E-state index in [9.17, 15) is 0 Å². The third-order valence-electron chi connectivity index (χ3n) is 3.88. The van der Waals surface area contributed by atoms with Gasteiger partial charge in [-0.1, -0.05) is 36.4 Å². The third kappa shape index (κ3) is 2.74. The molecule has 2 aromatic carbocycles. The number of aryl methyl sites for hydroxylation is 2. The Balaban J connectivity index is 1.91. The summed E-state index contributed by atoms with van der Waals surface area (Å²) in [5, 5.41) is 6.89. The molecule has 3 aromatic rings. The van der Waals surface area contributed by atoms with Crippen molar-refractivity contribution in [3.05, 3.63) is 63.9 Å². The van der Waals surface area contributed by atoms with Crippen molar-refractivity contribution in [1.82, 2.24) is 9.78 Å². The van der Waals surface area contributed by atoms with Crippen molar-refractivity contribution >= 4 is 26.7 Å². The fraction of sp³-hybridized carbons (Fsp3) is 0.235. The topological polar surface area (TPSA) is 43.8 Å². The van der Waals surface area contributed by atoms with Crippen LogP contribution in [-0.4, -0.2) is 9.78 Å². The highest BCUT2D eigenvalue weighted by Crippen LogP contribution is 2.26. The van der Waals surface area contributed by atoms with Gasteiger partial charge in [0.15, 0.2) is 0 Å². The van der Waals surface area contributed by atoms with Crippen molar-refractivity contribution in [1.29, 1.82) is 0 Å². The van der Waals surface area contributed by atoms with Gasteiger partial charge in [-0.2, -0.15) is 5.10 Å². The number of benzene rings is 2. The predicted octanol–water partition coefficient (Wildman–Crippen LogP) is 3.89. The zero-order chi connectivity index (χ0) is 15.0. The van der Waals surface area contributed by atoms with Gasteiger partial charge in [0.1, 0.15) is 0 Å². The lowest BCUT2D eigenvalue weighted by Gasteiger charge is -2.13. The van der Waals surface area contributed by atoms with Crippen LogP contribution in [0.2, 0.25) is 0 Å². The maximum Gasteiger partial charge on any atom is 0.0738 e. The fourth-order valence-corrected chi connectivity index (χ4v) is 3.16. The molecule has 108 valence electrons. The van der Waals surface area contributed by atoms with Gasteiger partial charge in [-0.15, -0.1) is 0 Å². The van der Waals surface area contributed by atoms with Crippen molar-refractivity contribution in [3.8, 4) is 0 Å². The van der Waals surface area contributed by atoms with Crippen LogP contribution in [-0.2, 0) is 13.5 Å². The van der Waals surface area contributed by atoms with Gasteiger partial charge >= 0.3 is 0 Å². The molecule has 0 saturated carbocycles. The molecule has 0 amide bonds. The summed E-state index contributed by atoms with van der Waals surface area (Å²) < 4.78 is 2.96. The Hall–Kier alpha value is -1.65. The summed E-state index contributed by atoms with van der Waals surface area (Å²) >= 11 is 3.60. The summed E-state index contributed by atoms with van der Waals surface area (Å²) in [4.78, 5) is 0. The second-order valence-corrected chi connectivity index (χ2v) is 6.18. The van der Waals surface area contributed by atoms with Crippen LogP contribution in [0, 0.1) is 6.92 Å². The number of halogens is 1. The molecular formula is C17H18BrN3. The zero-order valence-corrected chi connectivity index (χ0v) is 13.8. The number of hydrogen-bond acceptors (Lipinski definition) is 2. The molecule has 0 aliphatic heterocycles. The molecule has 2 N–H and O–H groups in total. The van der Waals surface area contributed by atoms with Gasteiger partial charge in [-0.05, 0) is 45.3 Å². The lowest BCUT2D eigenvalue weighted by molar-refractivity contribution is 0.639. The molecule has 0 aliphatic carbocycles. The monoisotopic (exact) mass is 343 g/mol. The predicted molar refractivity (Wildman–Crippen MR) is 90.2 cm³/mol. The molecule has 1 atom stereocenters. The van der Waals surface area contributed by atoms with Crippen LogP contribution in [0.4, 0.5) is 0 Å². The molecule has 0 spiro atoms. The molecule has 3 nitrogen and oxygen atoms in total. The molecule has 1 unspecified atom stereocenters. The molecule has 0 aliphatic rings. The van der Waals surface area contributed by atoms with Gasteiger partial charge in [-0.25, -0.2) is 0 Å². The van der Waals surface area contributed by atoms with E-state index in [1.54, 1.807) is 0 Å². The highest BCUT2D eigenvalue weighted by Gasteiger charge is 2.15. The maximum absolute atomic E-state index is 6.40. The van der Waals surface area contributed by atoms with E-state index in [0.717, 1.165) is 27.8 Å². The molecule has 0 fully saturated rings. The average molecular weight is 344 g/mol. The van der Waals surface area contributed by atoms with Crippen molar-refractivity contribution in [2.75, 3.05) is 0 Å². The van der Waals surface area contributed by atoms with Crippen molar-refractivity contribution in [2.45, 2.75) is 19.4 Å². The van der Waals surface area contributed by atoms with Gasteiger partial charge in [0.2, 0.25) is 0 Å². The van der Waals surface area contributed by atoms with Gasteiger partial charge in [0.25, 0.3) is 0 Å². The number of aromatic nitrogens is 2. The van der Waals surface area contributed by atoms with Crippen molar-refractivity contribution < 1.29 is 0 Å². The zero-order valence-electron chi connectivity index (χ0n) is 12.2. The first-order valence-corrected chi connectivity index (χ1v) is 7.78. The normalized spacial score (nSPS) is 12.8.